The Bertz CT molecular complexity index is 319. The number of hydrogen-bond donors (Lipinski definition) is 1. The van der Waals surface area contributed by atoms with E-state index in [-0.39, 0.29) is 31.2 Å². The number of rotatable bonds is 4. The van der Waals surface area contributed by atoms with Crippen molar-refractivity contribution >= 4 is 25.7 Å². The molecule has 0 radical (unpaired) electrons. The molecule has 0 saturated heterocycles. The van der Waals surface area contributed by atoms with E-state index in [1.165, 1.54) is 6.42 Å². The number of ether oxygens (including phenoxy) is 1. The molecule has 0 aliphatic heterocycles. The third kappa shape index (κ3) is 5.53. The Balaban J connectivity index is 2.53. The van der Waals surface area contributed by atoms with Crippen LogP contribution < -0.4 is 5.32 Å². The van der Waals surface area contributed by atoms with Crippen molar-refractivity contribution in [2.24, 2.45) is 5.41 Å². The standard InChI is InChI=1S/C14H25NO3Se/c1-14(2,3)11(12(16)19-4)15-13(17)18-10-8-6-5-7-9-10/h10-11H,5-9H2,1-4H3,(H,15,17)/t11-/m1/s1. The van der Waals surface area contributed by atoms with Crippen LogP contribution in [0.5, 0.6) is 0 Å². The topological polar surface area (TPSA) is 55.4 Å². The van der Waals surface area contributed by atoms with Crippen LogP contribution in [0.4, 0.5) is 4.79 Å². The molecule has 1 atom stereocenters. The summed E-state index contributed by atoms with van der Waals surface area (Å²) in [6, 6.07) is -0.450. The van der Waals surface area contributed by atoms with Gasteiger partial charge in [-0.05, 0) is 0 Å². The van der Waals surface area contributed by atoms with Crippen LogP contribution in [-0.2, 0) is 9.53 Å². The first kappa shape index (κ1) is 16.5. The molecule has 1 saturated carbocycles. The first-order chi connectivity index (χ1) is 8.84. The van der Waals surface area contributed by atoms with Gasteiger partial charge in [-0.2, -0.15) is 0 Å². The first-order valence-corrected chi connectivity index (χ1v) is 9.46. The van der Waals surface area contributed by atoms with Crippen molar-refractivity contribution in [3.8, 4) is 0 Å². The van der Waals surface area contributed by atoms with E-state index in [0.717, 1.165) is 25.7 Å². The molecule has 110 valence electrons. The third-order valence-electron chi connectivity index (χ3n) is 3.39. The zero-order chi connectivity index (χ0) is 14.5. The molecule has 19 heavy (non-hydrogen) atoms. The van der Waals surface area contributed by atoms with Crippen LogP contribution in [0.1, 0.15) is 52.9 Å². The molecule has 1 fully saturated rings. The molecule has 1 aliphatic rings. The summed E-state index contributed by atoms with van der Waals surface area (Å²) in [6.07, 6.45) is 4.94. The van der Waals surface area contributed by atoms with Gasteiger partial charge in [0.05, 0.1) is 0 Å². The van der Waals surface area contributed by atoms with Gasteiger partial charge in [0.1, 0.15) is 0 Å². The van der Waals surface area contributed by atoms with E-state index < -0.39 is 12.1 Å². The Morgan fingerprint density at radius 1 is 1.21 bits per heavy atom. The van der Waals surface area contributed by atoms with Gasteiger partial charge in [-0.1, -0.05) is 0 Å². The molecule has 1 amide bonds. The zero-order valence-corrected chi connectivity index (χ0v) is 14.0. The minimum absolute atomic E-state index is 0.0246. The van der Waals surface area contributed by atoms with Crippen molar-refractivity contribution in [2.45, 2.75) is 70.8 Å². The van der Waals surface area contributed by atoms with Crippen LogP contribution in [0.25, 0.3) is 0 Å². The molecule has 1 aliphatic carbocycles. The monoisotopic (exact) mass is 335 g/mol. The predicted octanol–water partition coefficient (Wildman–Crippen LogP) is 2.74. The molecule has 0 aromatic rings. The Hall–Kier alpha value is -0.541. The van der Waals surface area contributed by atoms with Crippen molar-refractivity contribution < 1.29 is 14.3 Å². The molecule has 1 N–H and O–H groups in total. The second-order valence-electron chi connectivity index (χ2n) is 6.13. The van der Waals surface area contributed by atoms with Gasteiger partial charge in [-0.15, -0.1) is 0 Å². The van der Waals surface area contributed by atoms with Crippen molar-refractivity contribution in [1.82, 2.24) is 5.32 Å². The molecular weight excluding hydrogens is 309 g/mol. The summed E-state index contributed by atoms with van der Waals surface area (Å²) in [5.41, 5.74) is -0.277. The molecule has 0 aromatic heterocycles. The summed E-state index contributed by atoms with van der Waals surface area (Å²) in [6.45, 7) is 5.88. The Labute approximate surface area is 122 Å². The fraction of sp³-hybridized carbons (Fsp3) is 0.857. The fourth-order valence-corrected chi connectivity index (χ4v) is 3.59. The molecule has 0 heterocycles. The number of carbonyl (C=O) groups is 2. The summed E-state index contributed by atoms with van der Waals surface area (Å²) >= 11 is -0.115. The number of carbonyl (C=O) groups excluding carboxylic acids is 2. The number of alkyl carbamates (subject to hydrolysis) is 1. The van der Waals surface area contributed by atoms with Crippen molar-refractivity contribution in [1.29, 1.82) is 0 Å². The molecule has 4 nitrogen and oxygen atoms in total. The molecule has 5 heteroatoms. The van der Waals surface area contributed by atoms with Crippen LogP contribution in [0.2, 0.25) is 5.82 Å². The molecule has 0 bridgehead atoms. The molecule has 0 aromatic carbocycles. The van der Waals surface area contributed by atoms with E-state index in [9.17, 15) is 9.59 Å². The van der Waals surface area contributed by atoms with E-state index in [2.05, 4.69) is 5.32 Å². The maximum atomic E-state index is 11.9. The van der Waals surface area contributed by atoms with Crippen molar-refractivity contribution in [3.05, 3.63) is 0 Å². The van der Waals surface area contributed by atoms with Gasteiger partial charge in [-0.25, -0.2) is 0 Å². The summed E-state index contributed by atoms with van der Waals surface area (Å²) in [5.74, 6) is 1.88. The van der Waals surface area contributed by atoms with Gasteiger partial charge in [0, 0.05) is 0 Å². The fourth-order valence-electron chi connectivity index (χ4n) is 2.23. The Kier molecular flexibility index (Phi) is 6.34. The quantitative estimate of drug-likeness (QED) is 0.805. The van der Waals surface area contributed by atoms with Crippen molar-refractivity contribution in [3.63, 3.8) is 0 Å². The summed E-state index contributed by atoms with van der Waals surface area (Å²) < 4.78 is 5.53. The maximum absolute atomic E-state index is 11.9. The van der Waals surface area contributed by atoms with Crippen LogP contribution in [0.15, 0.2) is 0 Å². The van der Waals surface area contributed by atoms with E-state index in [1.807, 2.05) is 26.6 Å². The number of amides is 1. The molecule has 0 spiro atoms. The van der Waals surface area contributed by atoms with Gasteiger partial charge in [0.2, 0.25) is 0 Å². The summed E-state index contributed by atoms with van der Waals surface area (Å²) in [4.78, 5) is 23.9. The average molecular weight is 334 g/mol. The molecule has 0 unspecified atom stereocenters. The second kappa shape index (κ2) is 7.30. The third-order valence-corrected chi connectivity index (χ3v) is 4.73. The normalized spacial score (nSPS) is 18.7. The van der Waals surface area contributed by atoms with Gasteiger partial charge < -0.3 is 0 Å². The van der Waals surface area contributed by atoms with E-state index >= 15 is 0 Å². The number of hydrogen-bond acceptors (Lipinski definition) is 3. The number of nitrogens with one attached hydrogen (secondary N) is 1. The van der Waals surface area contributed by atoms with Gasteiger partial charge in [-0.3, -0.25) is 0 Å². The Morgan fingerprint density at radius 3 is 2.26 bits per heavy atom. The van der Waals surface area contributed by atoms with Gasteiger partial charge in [0.15, 0.2) is 0 Å². The van der Waals surface area contributed by atoms with Crippen LogP contribution in [0, 0.1) is 5.41 Å². The minimum atomic E-state index is -0.450. The van der Waals surface area contributed by atoms with E-state index in [1.54, 1.807) is 0 Å². The first-order valence-electron chi connectivity index (χ1n) is 6.89. The van der Waals surface area contributed by atoms with Crippen LogP contribution >= 0.6 is 0 Å². The van der Waals surface area contributed by atoms with Gasteiger partial charge >= 0.3 is 122 Å². The zero-order valence-electron chi connectivity index (χ0n) is 12.3. The summed E-state index contributed by atoms with van der Waals surface area (Å²) in [7, 11) is 0. The van der Waals surface area contributed by atoms with E-state index in [0.29, 0.717) is 0 Å². The van der Waals surface area contributed by atoms with Crippen LogP contribution in [-0.4, -0.2) is 37.9 Å². The SMILES string of the molecule is C[Se]C(=O)[C@@H](NC(=O)OC1CCCCC1)C(C)(C)C. The molecule has 1 rings (SSSR count). The predicted molar refractivity (Wildman–Crippen MR) is 76.4 cm³/mol. The average Bonchev–Trinajstić information content (AvgIpc) is 2.35. The second-order valence-corrected chi connectivity index (χ2v) is 7.83. The molecular formula is C14H25NO3Se. The van der Waals surface area contributed by atoms with Gasteiger partial charge in [0.25, 0.3) is 0 Å². The Morgan fingerprint density at radius 2 is 1.79 bits per heavy atom. The van der Waals surface area contributed by atoms with E-state index in [4.69, 9.17) is 4.74 Å². The van der Waals surface area contributed by atoms with Crippen LogP contribution in [0.3, 0.4) is 0 Å². The van der Waals surface area contributed by atoms with Crippen molar-refractivity contribution in [2.75, 3.05) is 0 Å². The summed E-state index contributed by atoms with van der Waals surface area (Å²) in [5, 5.41) is 2.76.